The van der Waals surface area contributed by atoms with Crippen molar-refractivity contribution in [2.24, 2.45) is 11.8 Å². The molecular formula is C35H47ClN8O4. The number of nitrogens with one attached hydrogen (secondary N) is 2. The lowest BCUT2D eigenvalue weighted by Crippen LogP contribution is -2.57. The average molecular weight is 679 g/mol. The molecule has 4 atom stereocenters. The summed E-state index contributed by atoms with van der Waals surface area (Å²) in [6.45, 7) is 8.33. The molecule has 0 aliphatic heterocycles. The monoisotopic (exact) mass is 678 g/mol. The van der Waals surface area contributed by atoms with Gasteiger partial charge < -0.3 is 20.5 Å². The Labute approximate surface area is 288 Å². The van der Waals surface area contributed by atoms with Crippen molar-refractivity contribution >= 4 is 24.4 Å². The van der Waals surface area contributed by atoms with Gasteiger partial charge in [0.25, 0.3) is 0 Å². The van der Waals surface area contributed by atoms with E-state index >= 15 is 0 Å². The Kier molecular flexibility index (Phi) is 14.0. The number of methoxy groups -OCH3 is 1. The third kappa shape index (κ3) is 10.1. The van der Waals surface area contributed by atoms with E-state index in [1.807, 2.05) is 113 Å². The van der Waals surface area contributed by atoms with Crippen molar-refractivity contribution in [3.05, 3.63) is 102 Å². The van der Waals surface area contributed by atoms with Crippen LogP contribution in [-0.2, 0) is 28.0 Å². The number of aliphatic hydroxyl groups excluding tert-OH is 1. The van der Waals surface area contributed by atoms with Gasteiger partial charge >= 0.3 is 6.09 Å². The third-order valence-electron chi connectivity index (χ3n) is 8.46. The second-order valence-corrected chi connectivity index (χ2v) is 12.3. The Balaban J connectivity index is 0.00000625. The number of aliphatic hydroxyl groups is 1. The van der Waals surface area contributed by atoms with Crippen molar-refractivity contribution in [3.8, 4) is 11.4 Å². The summed E-state index contributed by atoms with van der Waals surface area (Å²) in [5.41, 5.74) is 3.27. The topological polar surface area (TPSA) is 161 Å². The number of amides is 2. The highest BCUT2D eigenvalue weighted by molar-refractivity contribution is 5.86. The second kappa shape index (κ2) is 17.7. The molecule has 12 nitrogen and oxygen atoms in total. The molecule has 3 aromatic carbocycles. The number of carbonyl (C=O) groups excluding carboxylic acids is 2. The van der Waals surface area contributed by atoms with Gasteiger partial charge in [-0.25, -0.2) is 9.80 Å². The molecule has 0 aliphatic rings. The van der Waals surface area contributed by atoms with Crippen LogP contribution in [0.2, 0.25) is 0 Å². The van der Waals surface area contributed by atoms with Gasteiger partial charge in [-0.1, -0.05) is 105 Å². The maximum atomic E-state index is 13.4. The zero-order valence-corrected chi connectivity index (χ0v) is 28.9. The van der Waals surface area contributed by atoms with Crippen molar-refractivity contribution in [3.63, 3.8) is 0 Å². The number of benzene rings is 3. The number of hydrogen-bond acceptors (Lipinski definition) is 9. The average Bonchev–Trinajstić information content (AvgIpc) is 3.59. The number of carbonyl (C=O) groups is 2. The van der Waals surface area contributed by atoms with Crippen molar-refractivity contribution in [2.45, 2.75) is 70.8 Å². The number of tetrazole rings is 1. The van der Waals surface area contributed by atoms with Gasteiger partial charge in [-0.3, -0.25) is 10.6 Å². The number of hydrogen-bond donors (Lipinski definition) is 4. The third-order valence-corrected chi connectivity index (χ3v) is 8.46. The molecule has 48 heavy (non-hydrogen) atoms. The molecule has 4 rings (SSSR count). The summed E-state index contributed by atoms with van der Waals surface area (Å²) in [4.78, 5) is 27.0. The smallest absolute Gasteiger partial charge is 0.407 e. The van der Waals surface area contributed by atoms with E-state index in [-0.39, 0.29) is 24.9 Å². The molecule has 4 aromatic rings. The predicted octanol–water partition coefficient (Wildman–Crippen LogP) is 4.08. The van der Waals surface area contributed by atoms with Crippen LogP contribution in [0, 0.1) is 5.92 Å². The van der Waals surface area contributed by atoms with Crippen molar-refractivity contribution in [1.82, 2.24) is 35.8 Å². The van der Waals surface area contributed by atoms with Crippen LogP contribution in [0.25, 0.3) is 11.4 Å². The summed E-state index contributed by atoms with van der Waals surface area (Å²) >= 11 is 0. The minimum absolute atomic E-state index is 0. The number of halogens is 1. The molecule has 0 radical (unpaired) electrons. The second-order valence-electron chi connectivity index (χ2n) is 12.3. The van der Waals surface area contributed by atoms with Gasteiger partial charge in [-0.05, 0) is 48.1 Å². The maximum Gasteiger partial charge on any atom is 0.407 e. The summed E-state index contributed by atoms with van der Waals surface area (Å²) in [5, 5.41) is 31.7. The van der Waals surface area contributed by atoms with Gasteiger partial charge in [0.05, 0.1) is 19.3 Å². The van der Waals surface area contributed by atoms with Gasteiger partial charge in [-0.15, -0.1) is 22.6 Å². The SMILES string of the molecule is CC[C@H](C)[C@H](NC(=O)OC)C(=O)N[C@@H](Cc1ccccc1)[C@@H](O)CN(N)Cc1ccc(-c2nnn(C(C)(C)c3ccccc3)n2)cc1.Cl. The van der Waals surface area contributed by atoms with Gasteiger partial charge in [0, 0.05) is 18.7 Å². The molecule has 13 heteroatoms. The lowest BCUT2D eigenvalue weighted by Gasteiger charge is -2.30. The summed E-state index contributed by atoms with van der Waals surface area (Å²) in [5.74, 6) is 6.34. The van der Waals surface area contributed by atoms with Gasteiger partial charge in [0.15, 0.2) is 0 Å². The summed E-state index contributed by atoms with van der Waals surface area (Å²) in [6.07, 6.45) is -0.674. The van der Waals surface area contributed by atoms with Crippen LogP contribution >= 0.6 is 12.4 Å². The number of nitrogens with zero attached hydrogens (tertiary/aromatic N) is 5. The van der Waals surface area contributed by atoms with E-state index in [4.69, 9.17) is 10.6 Å². The van der Waals surface area contributed by atoms with E-state index in [1.54, 1.807) is 4.80 Å². The van der Waals surface area contributed by atoms with E-state index in [0.29, 0.717) is 25.2 Å². The van der Waals surface area contributed by atoms with Crippen LogP contribution in [-0.4, -0.2) is 74.2 Å². The molecule has 0 fully saturated rings. The molecule has 0 saturated heterocycles. The normalized spacial score (nSPS) is 13.9. The first-order valence-corrected chi connectivity index (χ1v) is 15.8. The Bertz CT molecular complexity index is 1570. The van der Waals surface area contributed by atoms with Gasteiger partial charge in [0.1, 0.15) is 11.6 Å². The van der Waals surface area contributed by atoms with E-state index < -0.39 is 35.7 Å². The largest absolute Gasteiger partial charge is 0.453 e. The molecule has 0 unspecified atom stereocenters. The lowest BCUT2D eigenvalue weighted by atomic mass is 9.95. The molecule has 0 saturated carbocycles. The zero-order chi connectivity index (χ0) is 34.0. The fourth-order valence-electron chi connectivity index (χ4n) is 5.27. The van der Waals surface area contributed by atoms with E-state index in [1.165, 1.54) is 12.1 Å². The van der Waals surface area contributed by atoms with Gasteiger partial charge in [0.2, 0.25) is 11.7 Å². The fourth-order valence-corrected chi connectivity index (χ4v) is 5.27. The highest BCUT2D eigenvalue weighted by Gasteiger charge is 2.31. The van der Waals surface area contributed by atoms with Crippen molar-refractivity contribution < 1.29 is 19.4 Å². The van der Waals surface area contributed by atoms with E-state index in [0.717, 1.165) is 22.3 Å². The molecule has 258 valence electrons. The van der Waals surface area contributed by atoms with E-state index in [9.17, 15) is 14.7 Å². The Morgan fingerprint density at radius 3 is 2.21 bits per heavy atom. The van der Waals surface area contributed by atoms with Crippen LogP contribution in [0.15, 0.2) is 84.9 Å². The highest BCUT2D eigenvalue weighted by atomic mass is 35.5. The summed E-state index contributed by atoms with van der Waals surface area (Å²) in [6, 6.07) is 25.8. The number of rotatable bonds is 15. The van der Waals surface area contributed by atoms with Crippen molar-refractivity contribution in [2.75, 3.05) is 13.7 Å². The minimum atomic E-state index is -1.01. The lowest BCUT2D eigenvalue weighted by molar-refractivity contribution is -0.126. The van der Waals surface area contributed by atoms with Crippen LogP contribution in [0.4, 0.5) is 4.79 Å². The minimum Gasteiger partial charge on any atom is -0.453 e. The fraction of sp³-hybridized carbons (Fsp3) is 0.400. The zero-order valence-electron chi connectivity index (χ0n) is 28.1. The van der Waals surface area contributed by atoms with Crippen LogP contribution in [0.1, 0.15) is 50.8 Å². The number of nitrogens with two attached hydrogens (primary N) is 1. The highest BCUT2D eigenvalue weighted by Crippen LogP contribution is 2.25. The number of ether oxygens (including phenoxy) is 1. The molecule has 0 spiro atoms. The van der Waals surface area contributed by atoms with E-state index in [2.05, 4.69) is 26.0 Å². The molecule has 1 aromatic heterocycles. The number of hydrazine groups is 1. The van der Waals surface area contributed by atoms with Crippen LogP contribution < -0.4 is 16.5 Å². The Morgan fingerprint density at radius 2 is 1.60 bits per heavy atom. The Hall–Kier alpha value is -4.36. The molecule has 2 amide bonds. The number of aromatic nitrogens is 4. The quantitative estimate of drug-likeness (QED) is 0.107. The summed E-state index contributed by atoms with van der Waals surface area (Å²) in [7, 11) is 1.25. The van der Waals surface area contributed by atoms with Crippen LogP contribution in [0.5, 0.6) is 0 Å². The molecular weight excluding hydrogens is 632 g/mol. The first-order chi connectivity index (χ1) is 22.5. The molecule has 1 heterocycles. The summed E-state index contributed by atoms with van der Waals surface area (Å²) < 4.78 is 4.73. The van der Waals surface area contributed by atoms with Gasteiger partial charge in [-0.2, -0.15) is 4.80 Å². The maximum absolute atomic E-state index is 13.4. The predicted molar refractivity (Wildman–Crippen MR) is 187 cm³/mol. The number of alkyl carbamates (subject to hydrolysis) is 1. The van der Waals surface area contributed by atoms with Crippen molar-refractivity contribution in [1.29, 1.82) is 0 Å². The first kappa shape index (κ1) is 38.1. The first-order valence-electron chi connectivity index (χ1n) is 15.8. The molecule has 0 aliphatic carbocycles. The van der Waals surface area contributed by atoms with Crippen LogP contribution in [0.3, 0.4) is 0 Å². The molecule has 5 N–H and O–H groups in total. The Morgan fingerprint density at radius 1 is 0.979 bits per heavy atom. The standard InChI is InChI=1S/C35H46N8O4.ClH/c1-6-24(2)31(38-34(46)47-5)33(45)37-29(21-25-13-9-7-10-14-25)30(44)23-42(36)22-26-17-19-27(20-18-26)32-39-41-43(40-32)35(3,4)28-15-11-8-12-16-28;/h7-20,24,29-31,44H,6,21-23,36H2,1-5H3,(H,37,45)(H,38,46);1H/t24-,29-,30-,31-;/m0./s1. The molecule has 0 bridgehead atoms.